The van der Waals surface area contributed by atoms with E-state index in [-0.39, 0.29) is 34.2 Å². The molecule has 0 fully saturated rings. The van der Waals surface area contributed by atoms with Gasteiger partial charge in [-0.2, -0.15) is 8.42 Å². The molecule has 1 heterocycles. The van der Waals surface area contributed by atoms with Crippen molar-refractivity contribution in [3.05, 3.63) is 40.3 Å². The van der Waals surface area contributed by atoms with E-state index < -0.39 is 27.9 Å². The van der Waals surface area contributed by atoms with Crippen LogP contribution < -0.4 is 10.1 Å². The molecule has 142 valence electrons. The summed E-state index contributed by atoms with van der Waals surface area (Å²) in [6.45, 7) is 0. The molecule has 1 aromatic rings. The summed E-state index contributed by atoms with van der Waals surface area (Å²) in [4.78, 5) is 11.8. The minimum atomic E-state index is -3.84. The van der Waals surface area contributed by atoms with E-state index in [1.165, 1.54) is 32.4 Å². The van der Waals surface area contributed by atoms with E-state index in [1.54, 1.807) is 0 Å². The van der Waals surface area contributed by atoms with Crippen LogP contribution in [-0.4, -0.2) is 40.6 Å². The highest BCUT2D eigenvalue weighted by Gasteiger charge is 2.28. The molecule has 2 rings (SSSR count). The zero-order valence-electron chi connectivity index (χ0n) is 14.1. The predicted molar refractivity (Wildman–Crippen MR) is 91.9 cm³/mol. The molecule has 1 N–H and O–H groups in total. The van der Waals surface area contributed by atoms with E-state index in [0.717, 1.165) is 6.26 Å². The van der Waals surface area contributed by atoms with E-state index in [9.17, 15) is 17.6 Å². The Morgan fingerprint density at radius 3 is 2.65 bits per heavy atom. The Balaban J connectivity index is 2.45. The lowest BCUT2D eigenvalue weighted by molar-refractivity contribution is -0.136. The molecule has 1 atom stereocenters. The number of allylic oxidation sites excluding steroid dienone is 1. The van der Waals surface area contributed by atoms with Gasteiger partial charge in [-0.3, -0.25) is 4.28 Å². The normalized spacial score (nSPS) is 18.7. The molecule has 0 saturated heterocycles. The number of esters is 1. The molecule has 0 amide bonds. The average molecular weight is 407 g/mol. The van der Waals surface area contributed by atoms with E-state index in [2.05, 4.69) is 19.5 Å². The first kappa shape index (κ1) is 20.0. The topological polar surface area (TPSA) is 103 Å². The van der Waals surface area contributed by atoms with E-state index in [0.29, 0.717) is 0 Å². The standard InChI is InChI=1S/C15H16ClFN2O6S/c1-23-14-10(16)5-4-9(13(14)17)11-6-8(19-25-26(3,21)22)7-12(18-11)15(20)24-2/h4-5,7,11,18H,6H2,1-3H3. The van der Waals surface area contributed by atoms with Crippen molar-refractivity contribution in [1.29, 1.82) is 0 Å². The summed E-state index contributed by atoms with van der Waals surface area (Å²) in [5.74, 6) is -1.60. The molecule has 1 unspecified atom stereocenters. The Morgan fingerprint density at radius 2 is 2.08 bits per heavy atom. The SMILES string of the molecule is COC(=O)C1=CC(=NOS(C)(=O)=O)CC(c2ccc(Cl)c(OC)c2F)N1. The van der Waals surface area contributed by atoms with Crippen LogP contribution in [0.15, 0.2) is 29.1 Å². The molecule has 0 aliphatic carbocycles. The Kier molecular flexibility index (Phi) is 6.09. The number of hydrogen-bond acceptors (Lipinski definition) is 8. The number of rotatable bonds is 5. The van der Waals surface area contributed by atoms with Crippen LogP contribution in [0.5, 0.6) is 5.75 Å². The molecule has 0 radical (unpaired) electrons. The predicted octanol–water partition coefficient (Wildman–Crippen LogP) is 1.91. The number of nitrogens with one attached hydrogen (secondary N) is 1. The third-order valence-corrected chi connectivity index (χ3v) is 4.05. The van der Waals surface area contributed by atoms with Crippen LogP contribution >= 0.6 is 11.6 Å². The second-order valence-electron chi connectivity index (χ2n) is 5.30. The molecule has 0 bridgehead atoms. The highest BCUT2D eigenvalue weighted by Crippen LogP contribution is 2.35. The lowest BCUT2D eigenvalue weighted by Gasteiger charge is -2.26. The molecular weight excluding hydrogens is 391 g/mol. The van der Waals surface area contributed by atoms with E-state index in [4.69, 9.17) is 16.3 Å². The van der Waals surface area contributed by atoms with Crippen molar-refractivity contribution in [2.45, 2.75) is 12.5 Å². The molecule has 1 aromatic carbocycles. The van der Waals surface area contributed by atoms with Crippen molar-refractivity contribution in [1.82, 2.24) is 5.32 Å². The minimum absolute atomic E-state index is 0.0343. The maximum absolute atomic E-state index is 14.7. The van der Waals surface area contributed by atoms with Gasteiger partial charge < -0.3 is 14.8 Å². The summed E-state index contributed by atoms with van der Waals surface area (Å²) in [7, 11) is -1.39. The van der Waals surface area contributed by atoms with Gasteiger partial charge in [0.05, 0.1) is 37.3 Å². The number of ether oxygens (including phenoxy) is 2. The molecule has 0 spiro atoms. The number of carbonyl (C=O) groups is 1. The van der Waals surface area contributed by atoms with Crippen molar-refractivity contribution >= 4 is 33.4 Å². The first-order valence-electron chi connectivity index (χ1n) is 7.20. The van der Waals surface area contributed by atoms with Crippen molar-refractivity contribution in [3.8, 4) is 5.75 Å². The fraction of sp³-hybridized carbons (Fsp3) is 0.333. The average Bonchev–Trinajstić information content (AvgIpc) is 2.59. The van der Waals surface area contributed by atoms with Crippen molar-refractivity contribution in [2.24, 2.45) is 5.16 Å². The van der Waals surface area contributed by atoms with Crippen molar-refractivity contribution in [2.75, 3.05) is 20.5 Å². The Hall–Kier alpha value is -2.33. The van der Waals surface area contributed by atoms with Gasteiger partial charge in [-0.1, -0.05) is 22.8 Å². The molecule has 26 heavy (non-hydrogen) atoms. The Bertz CT molecular complexity index is 884. The number of nitrogens with zero attached hydrogens (tertiary/aromatic N) is 1. The highest BCUT2D eigenvalue weighted by molar-refractivity contribution is 7.85. The molecule has 11 heteroatoms. The van der Waals surface area contributed by atoms with E-state index >= 15 is 0 Å². The van der Waals surface area contributed by atoms with Gasteiger partial charge in [0.2, 0.25) is 0 Å². The molecule has 0 saturated carbocycles. The maximum Gasteiger partial charge on any atom is 0.354 e. The van der Waals surface area contributed by atoms with Gasteiger partial charge in [0, 0.05) is 12.0 Å². The minimum Gasteiger partial charge on any atom is -0.492 e. The van der Waals surface area contributed by atoms with Crippen LogP contribution in [0.1, 0.15) is 18.0 Å². The number of hydrogen-bond donors (Lipinski definition) is 1. The van der Waals surface area contributed by atoms with Gasteiger partial charge in [0.1, 0.15) is 5.70 Å². The molecule has 0 aromatic heterocycles. The summed E-state index contributed by atoms with van der Waals surface area (Å²) >= 11 is 5.89. The van der Waals surface area contributed by atoms with Gasteiger partial charge in [-0.25, -0.2) is 9.18 Å². The molecule has 8 nitrogen and oxygen atoms in total. The van der Waals surface area contributed by atoms with Gasteiger partial charge in [0.15, 0.2) is 11.6 Å². The fourth-order valence-corrected chi connectivity index (χ4v) is 2.77. The van der Waals surface area contributed by atoms with Crippen LogP contribution in [-0.2, 0) is 23.9 Å². The van der Waals surface area contributed by atoms with Gasteiger partial charge in [-0.05, 0) is 12.1 Å². The third-order valence-electron chi connectivity index (χ3n) is 3.41. The van der Waals surface area contributed by atoms with Crippen LogP contribution in [0.2, 0.25) is 5.02 Å². The number of oxime groups is 1. The van der Waals surface area contributed by atoms with Crippen molar-refractivity contribution in [3.63, 3.8) is 0 Å². The lowest BCUT2D eigenvalue weighted by atomic mass is 9.96. The van der Waals surface area contributed by atoms with Gasteiger partial charge in [0.25, 0.3) is 0 Å². The Labute approximate surface area is 154 Å². The molecule has 1 aliphatic rings. The van der Waals surface area contributed by atoms with Gasteiger partial charge >= 0.3 is 16.1 Å². The smallest absolute Gasteiger partial charge is 0.354 e. The summed E-state index contributed by atoms with van der Waals surface area (Å²) in [5, 5.41) is 6.42. The second kappa shape index (κ2) is 7.92. The zero-order chi connectivity index (χ0) is 19.5. The first-order chi connectivity index (χ1) is 12.2. The summed E-state index contributed by atoms with van der Waals surface area (Å²) in [6.07, 6.45) is 2.13. The zero-order valence-corrected chi connectivity index (χ0v) is 15.6. The lowest BCUT2D eigenvalue weighted by Crippen LogP contribution is -2.33. The molecular formula is C15H16ClFN2O6S. The quantitative estimate of drug-likeness (QED) is 0.588. The molecule has 1 aliphatic heterocycles. The number of halogens is 2. The van der Waals surface area contributed by atoms with Crippen molar-refractivity contribution < 1.29 is 31.4 Å². The summed E-state index contributed by atoms with van der Waals surface area (Å²) < 4.78 is 50.9. The largest absolute Gasteiger partial charge is 0.492 e. The Morgan fingerprint density at radius 1 is 1.38 bits per heavy atom. The number of methoxy groups -OCH3 is 2. The van der Waals surface area contributed by atoms with Crippen LogP contribution in [0.4, 0.5) is 4.39 Å². The van der Waals surface area contributed by atoms with Crippen LogP contribution in [0.3, 0.4) is 0 Å². The monoisotopic (exact) mass is 406 g/mol. The van der Waals surface area contributed by atoms with E-state index in [1.807, 2.05) is 0 Å². The van der Waals surface area contributed by atoms with Crippen LogP contribution in [0.25, 0.3) is 0 Å². The number of carbonyl (C=O) groups excluding carboxylic acids is 1. The fourth-order valence-electron chi connectivity index (χ4n) is 2.31. The summed E-state index contributed by atoms with van der Waals surface area (Å²) in [5.41, 5.74) is 0.216. The maximum atomic E-state index is 14.7. The van der Waals surface area contributed by atoms with Crippen LogP contribution in [0, 0.1) is 5.82 Å². The number of benzene rings is 1. The highest BCUT2D eigenvalue weighted by atomic mass is 35.5. The second-order valence-corrected chi connectivity index (χ2v) is 7.26. The first-order valence-corrected chi connectivity index (χ1v) is 9.39. The third kappa shape index (κ3) is 4.64. The van der Waals surface area contributed by atoms with Gasteiger partial charge in [-0.15, -0.1) is 0 Å². The summed E-state index contributed by atoms with van der Waals surface area (Å²) in [6, 6.07) is 2.11.